The molecule has 0 aliphatic carbocycles. The van der Waals surface area contributed by atoms with Crippen LogP contribution in [0.5, 0.6) is 0 Å². The molecule has 0 fully saturated rings. The van der Waals surface area contributed by atoms with E-state index in [-0.39, 0.29) is 10.7 Å². The molecule has 28 heavy (non-hydrogen) atoms. The summed E-state index contributed by atoms with van der Waals surface area (Å²) in [6.07, 6.45) is 4.30. The molecule has 0 spiro atoms. The van der Waals surface area contributed by atoms with Gasteiger partial charge >= 0.3 is 11.8 Å². The topological polar surface area (TPSA) is 76.0 Å². The van der Waals surface area contributed by atoms with Gasteiger partial charge < -0.3 is 10.6 Å². The highest BCUT2D eigenvalue weighted by Gasteiger charge is 2.14. The summed E-state index contributed by atoms with van der Waals surface area (Å²) in [5, 5.41) is 8.95. The highest BCUT2D eigenvalue weighted by Crippen LogP contribution is 2.20. The molecule has 6 nitrogen and oxygen atoms in total. The van der Waals surface area contributed by atoms with Crippen molar-refractivity contribution in [3.63, 3.8) is 0 Å². The van der Waals surface area contributed by atoms with Gasteiger partial charge in [-0.25, -0.2) is 4.39 Å². The maximum absolute atomic E-state index is 13.1. The van der Waals surface area contributed by atoms with Crippen LogP contribution in [0.15, 0.2) is 54.9 Å². The Kier molecular flexibility index (Phi) is 6.06. The van der Waals surface area contributed by atoms with Crippen LogP contribution in [0.4, 0.5) is 10.1 Å². The molecule has 144 valence electrons. The van der Waals surface area contributed by atoms with Crippen molar-refractivity contribution < 1.29 is 14.0 Å². The molecule has 0 aliphatic rings. The number of carbonyl (C=O) groups excluding carboxylic acids is 2. The second kappa shape index (κ2) is 8.67. The zero-order valence-corrected chi connectivity index (χ0v) is 15.8. The molecule has 0 radical (unpaired) electrons. The Hall–Kier alpha value is -3.19. The lowest BCUT2D eigenvalue weighted by Gasteiger charge is -2.07. The van der Waals surface area contributed by atoms with Gasteiger partial charge in [0, 0.05) is 31.0 Å². The quantitative estimate of drug-likeness (QED) is 0.646. The number of aromatic nitrogens is 2. The van der Waals surface area contributed by atoms with Gasteiger partial charge in [-0.1, -0.05) is 35.9 Å². The predicted octanol–water partition coefficient (Wildman–Crippen LogP) is 3.18. The van der Waals surface area contributed by atoms with Crippen molar-refractivity contribution in [3.8, 4) is 11.1 Å². The van der Waals surface area contributed by atoms with Crippen molar-refractivity contribution >= 4 is 29.1 Å². The summed E-state index contributed by atoms with van der Waals surface area (Å²) in [5.41, 5.74) is 3.36. The van der Waals surface area contributed by atoms with Crippen LogP contribution in [0.1, 0.15) is 5.56 Å². The molecule has 8 heteroatoms. The first-order valence-corrected chi connectivity index (χ1v) is 8.92. The fourth-order valence-corrected chi connectivity index (χ4v) is 2.78. The number of carbonyl (C=O) groups is 2. The molecule has 1 heterocycles. The third-order valence-electron chi connectivity index (χ3n) is 4.08. The van der Waals surface area contributed by atoms with E-state index in [2.05, 4.69) is 15.7 Å². The van der Waals surface area contributed by atoms with Gasteiger partial charge in [0.1, 0.15) is 5.82 Å². The Morgan fingerprint density at radius 3 is 2.50 bits per heavy atom. The van der Waals surface area contributed by atoms with Gasteiger partial charge in [0.25, 0.3) is 0 Å². The van der Waals surface area contributed by atoms with Crippen LogP contribution in [0.3, 0.4) is 0 Å². The molecule has 2 aromatic carbocycles. The SMILES string of the molecule is Cn1cc(-c2ccc(CCNC(=O)C(=O)Nc3ccc(F)c(Cl)c3)cc2)cn1. The predicted molar refractivity (Wildman–Crippen MR) is 105 cm³/mol. The van der Waals surface area contributed by atoms with Crippen LogP contribution in [0.25, 0.3) is 11.1 Å². The molecule has 0 atom stereocenters. The number of anilines is 1. The first-order chi connectivity index (χ1) is 13.4. The number of halogens is 2. The second-order valence-corrected chi connectivity index (χ2v) is 6.60. The lowest BCUT2D eigenvalue weighted by molar-refractivity contribution is -0.136. The van der Waals surface area contributed by atoms with E-state index in [1.165, 1.54) is 12.1 Å². The van der Waals surface area contributed by atoms with Crippen molar-refractivity contribution in [2.75, 3.05) is 11.9 Å². The maximum Gasteiger partial charge on any atom is 0.313 e. The summed E-state index contributed by atoms with van der Waals surface area (Å²) in [5.74, 6) is -2.21. The Balaban J connectivity index is 1.48. The minimum absolute atomic E-state index is 0.132. The summed E-state index contributed by atoms with van der Waals surface area (Å²) in [4.78, 5) is 23.8. The van der Waals surface area contributed by atoms with Crippen molar-refractivity contribution in [1.29, 1.82) is 0 Å². The number of aryl methyl sites for hydroxylation is 1. The lowest BCUT2D eigenvalue weighted by atomic mass is 10.1. The largest absolute Gasteiger partial charge is 0.347 e. The number of rotatable bonds is 5. The van der Waals surface area contributed by atoms with Crippen LogP contribution >= 0.6 is 11.6 Å². The number of nitrogens with one attached hydrogen (secondary N) is 2. The van der Waals surface area contributed by atoms with Gasteiger partial charge in [-0.3, -0.25) is 14.3 Å². The Morgan fingerprint density at radius 1 is 1.11 bits per heavy atom. The molecule has 0 unspecified atom stereocenters. The molecule has 3 rings (SSSR count). The van der Waals surface area contributed by atoms with Gasteiger partial charge in [-0.05, 0) is 35.7 Å². The second-order valence-electron chi connectivity index (χ2n) is 6.19. The van der Waals surface area contributed by atoms with Gasteiger partial charge in [0.15, 0.2) is 0 Å². The van der Waals surface area contributed by atoms with Crippen molar-refractivity contribution in [2.45, 2.75) is 6.42 Å². The minimum Gasteiger partial charge on any atom is -0.347 e. The molecular weight excluding hydrogens is 383 g/mol. The fourth-order valence-electron chi connectivity index (χ4n) is 2.60. The monoisotopic (exact) mass is 400 g/mol. The van der Waals surface area contributed by atoms with Crippen LogP contribution < -0.4 is 10.6 Å². The first-order valence-electron chi connectivity index (χ1n) is 8.54. The highest BCUT2D eigenvalue weighted by molar-refractivity contribution is 6.39. The molecule has 1 aromatic heterocycles. The lowest BCUT2D eigenvalue weighted by Crippen LogP contribution is -2.36. The van der Waals surface area contributed by atoms with E-state index in [1.807, 2.05) is 37.5 Å². The third kappa shape index (κ3) is 4.95. The average Bonchev–Trinajstić information content (AvgIpc) is 3.11. The van der Waals surface area contributed by atoms with Crippen LogP contribution in [-0.2, 0) is 23.1 Å². The summed E-state index contributed by atoms with van der Waals surface area (Å²) in [6.45, 7) is 0.308. The molecule has 2 amide bonds. The number of hydrogen-bond acceptors (Lipinski definition) is 3. The van der Waals surface area contributed by atoms with E-state index >= 15 is 0 Å². The van der Waals surface area contributed by atoms with Crippen LogP contribution in [0.2, 0.25) is 5.02 Å². The molecule has 0 bridgehead atoms. The molecule has 3 aromatic rings. The molecule has 2 N–H and O–H groups in total. The van der Waals surface area contributed by atoms with E-state index in [1.54, 1.807) is 10.9 Å². The van der Waals surface area contributed by atoms with Gasteiger partial charge in [0.2, 0.25) is 0 Å². The molecule has 0 aliphatic heterocycles. The van der Waals surface area contributed by atoms with Gasteiger partial charge in [-0.15, -0.1) is 0 Å². The average molecular weight is 401 g/mol. The van der Waals surface area contributed by atoms with Gasteiger partial charge in [0.05, 0.1) is 11.2 Å². The van der Waals surface area contributed by atoms with Gasteiger partial charge in [-0.2, -0.15) is 5.10 Å². The van der Waals surface area contributed by atoms with E-state index in [4.69, 9.17) is 11.6 Å². The standard InChI is InChI=1S/C20H18ClFN4O2/c1-26-12-15(11-24-26)14-4-2-13(3-5-14)8-9-23-19(27)20(28)25-16-6-7-18(22)17(21)10-16/h2-7,10-12H,8-9H2,1H3,(H,23,27)(H,25,28). The fraction of sp³-hybridized carbons (Fsp3) is 0.150. The Bertz CT molecular complexity index is 1000. The zero-order valence-electron chi connectivity index (χ0n) is 15.1. The summed E-state index contributed by atoms with van der Waals surface area (Å²) in [7, 11) is 1.86. The van der Waals surface area contributed by atoms with E-state index in [9.17, 15) is 14.0 Å². The number of hydrogen-bond donors (Lipinski definition) is 2. The molecular formula is C20H18ClFN4O2. The summed E-state index contributed by atoms with van der Waals surface area (Å²) in [6, 6.07) is 11.6. The van der Waals surface area contributed by atoms with Crippen LogP contribution in [0, 0.1) is 5.82 Å². The smallest absolute Gasteiger partial charge is 0.313 e. The first kappa shape index (κ1) is 19.6. The van der Waals surface area contributed by atoms with E-state index < -0.39 is 17.6 Å². The van der Waals surface area contributed by atoms with Crippen molar-refractivity contribution in [2.24, 2.45) is 7.05 Å². The Labute approximate surface area is 166 Å². The zero-order chi connectivity index (χ0) is 20.1. The highest BCUT2D eigenvalue weighted by atomic mass is 35.5. The normalized spacial score (nSPS) is 10.5. The van der Waals surface area contributed by atoms with E-state index in [0.717, 1.165) is 22.8 Å². The van der Waals surface area contributed by atoms with Crippen LogP contribution in [-0.4, -0.2) is 28.1 Å². The van der Waals surface area contributed by atoms with E-state index in [0.29, 0.717) is 13.0 Å². The number of nitrogens with zero attached hydrogens (tertiary/aromatic N) is 2. The Morgan fingerprint density at radius 2 is 1.86 bits per heavy atom. The number of benzene rings is 2. The third-order valence-corrected chi connectivity index (χ3v) is 4.36. The van der Waals surface area contributed by atoms with Crippen molar-refractivity contribution in [1.82, 2.24) is 15.1 Å². The summed E-state index contributed by atoms with van der Waals surface area (Å²) >= 11 is 5.65. The maximum atomic E-state index is 13.1. The molecule has 0 saturated carbocycles. The number of amides is 2. The summed E-state index contributed by atoms with van der Waals surface area (Å²) < 4.78 is 14.9. The minimum atomic E-state index is -0.838. The van der Waals surface area contributed by atoms with Crippen molar-refractivity contribution in [3.05, 3.63) is 71.3 Å². The molecule has 0 saturated heterocycles.